The lowest BCUT2D eigenvalue weighted by Gasteiger charge is -2.22. The van der Waals surface area contributed by atoms with Gasteiger partial charge in [0.2, 0.25) is 0 Å². The Balaban J connectivity index is 2.18. The van der Waals surface area contributed by atoms with Crippen LogP contribution in [0.25, 0.3) is 0 Å². The smallest absolute Gasteiger partial charge is 0.304 e. The molecule has 15 heavy (non-hydrogen) atoms. The van der Waals surface area contributed by atoms with E-state index < -0.39 is 5.97 Å². The first-order valence-electron chi connectivity index (χ1n) is 5.69. The van der Waals surface area contributed by atoms with Crippen LogP contribution in [0, 0.1) is 0 Å². The summed E-state index contributed by atoms with van der Waals surface area (Å²) < 4.78 is 4.99. The summed E-state index contributed by atoms with van der Waals surface area (Å²) in [6, 6.07) is 0.269. The third kappa shape index (κ3) is 4.62. The van der Waals surface area contributed by atoms with Gasteiger partial charge in [-0.1, -0.05) is 0 Å². The Morgan fingerprint density at radius 2 is 2.33 bits per heavy atom. The highest BCUT2D eigenvalue weighted by Gasteiger charge is 2.25. The molecule has 1 aliphatic rings. The van der Waals surface area contributed by atoms with Crippen molar-refractivity contribution < 1.29 is 14.6 Å². The Kier molecular flexibility index (Phi) is 5.65. The molecule has 0 amide bonds. The molecule has 0 radical (unpaired) electrons. The largest absolute Gasteiger partial charge is 0.481 e. The van der Waals surface area contributed by atoms with Crippen LogP contribution in [0.4, 0.5) is 0 Å². The molecule has 4 heteroatoms. The van der Waals surface area contributed by atoms with Gasteiger partial charge < -0.3 is 9.84 Å². The molecule has 1 aliphatic heterocycles. The molecule has 0 aromatic rings. The summed E-state index contributed by atoms with van der Waals surface area (Å²) >= 11 is 0. The number of hydrogen-bond donors (Lipinski definition) is 1. The van der Waals surface area contributed by atoms with Crippen molar-refractivity contribution in [2.24, 2.45) is 0 Å². The Bertz CT molecular complexity index is 196. The van der Waals surface area contributed by atoms with E-state index in [0.717, 1.165) is 45.4 Å². The molecular formula is C11H21NO3. The zero-order valence-corrected chi connectivity index (χ0v) is 9.45. The zero-order chi connectivity index (χ0) is 11.1. The summed E-state index contributed by atoms with van der Waals surface area (Å²) in [4.78, 5) is 12.9. The molecule has 88 valence electrons. The van der Waals surface area contributed by atoms with Gasteiger partial charge in [0.05, 0.1) is 6.42 Å². The number of nitrogens with zero attached hydrogens (tertiary/aromatic N) is 1. The second-order valence-electron chi connectivity index (χ2n) is 4.13. The summed E-state index contributed by atoms with van der Waals surface area (Å²) in [6.45, 7) is 2.88. The lowest BCUT2D eigenvalue weighted by molar-refractivity contribution is -0.138. The summed E-state index contributed by atoms with van der Waals surface area (Å²) in [5.74, 6) is -0.677. The minimum Gasteiger partial charge on any atom is -0.481 e. The van der Waals surface area contributed by atoms with Crippen molar-refractivity contribution in [3.8, 4) is 0 Å². The van der Waals surface area contributed by atoms with Crippen molar-refractivity contribution in [1.29, 1.82) is 0 Å². The highest BCUT2D eigenvalue weighted by atomic mass is 16.5. The van der Waals surface area contributed by atoms with Crippen molar-refractivity contribution in [3.05, 3.63) is 0 Å². The number of rotatable bonds is 7. The molecular weight excluding hydrogens is 194 g/mol. The van der Waals surface area contributed by atoms with Crippen LogP contribution in [-0.2, 0) is 9.53 Å². The van der Waals surface area contributed by atoms with Crippen LogP contribution >= 0.6 is 0 Å². The van der Waals surface area contributed by atoms with Crippen LogP contribution in [0.2, 0.25) is 0 Å². The predicted octanol–water partition coefficient (Wildman–Crippen LogP) is 1.35. The fourth-order valence-electron chi connectivity index (χ4n) is 2.18. The molecule has 1 fully saturated rings. The molecule has 1 N–H and O–H groups in total. The van der Waals surface area contributed by atoms with Crippen LogP contribution in [0.15, 0.2) is 0 Å². The van der Waals surface area contributed by atoms with Gasteiger partial charge in [0.1, 0.15) is 0 Å². The van der Waals surface area contributed by atoms with E-state index in [2.05, 4.69) is 4.90 Å². The number of carboxylic acid groups (broad SMARTS) is 1. The van der Waals surface area contributed by atoms with Crippen molar-refractivity contribution in [1.82, 2.24) is 4.90 Å². The van der Waals surface area contributed by atoms with Gasteiger partial charge in [-0.25, -0.2) is 0 Å². The molecule has 0 spiro atoms. The first-order valence-corrected chi connectivity index (χ1v) is 5.69. The quantitative estimate of drug-likeness (QED) is 0.651. The van der Waals surface area contributed by atoms with Crippen molar-refractivity contribution >= 4 is 5.97 Å². The molecule has 0 aromatic carbocycles. The van der Waals surface area contributed by atoms with Crippen LogP contribution in [0.5, 0.6) is 0 Å². The second-order valence-corrected chi connectivity index (χ2v) is 4.13. The molecule has 4 nitrogen and oxygen atoms in total. The predicted molar refractivity (Wildman–Crippen MR) is 58.0 cm³/mol. The monoisotopic (exact) mass is 215 g/mol. The van der Waals surface area contributed by atoms with Crippen molar-refractivity contribution in [2.45, 2.75) is 38.1 Å². The summed E-state index contributed by atoms with van der Waals surface area (Å²) in [6.07, 6.45) is 4.64. The van der Waals surface area contributed by atoms with Crippen LogP contribution in [0.3, 0.4) is 0 Å². The van der Waals surface area contributed by atoms with Crippen molar-refractivity contribution in [3.63, 3.8) is 0 Å². The number of methoxy groups -OCH3 is 1. The van der Waals surface area contributed by atoms with Gasteiger partial charge in [0.15, 0.2) is 0 Å². The third-order valence-electron chi connectivity index (χ3n) is 2.95. The van der Waals surface area contributed by atoms with E-state index >= 15 is 0 Å². The first kappa shape index (κ1) is 12.5. The van der Waals surface area contributed by atoms with Gasteiger partial charge in [-0.05, 0) is 38.8 Å². The standard InChI is InChI=1S/C11H21NO3/c1-15-8-3-2-6-12-7-4-5-10(12)9-11(13)14/h10H,2-9H2,1H3,(H,13,14). The van der Waals surface area contributed by atoms with Gasteiger partial charge >= 0.3 is 5.97 Å². The molecule has 0 aliphatic carbocycles. The lowest BCUT2D eigenvalue weighted by Crippen LogP contribution is -2.32. The fraction of sp³-hybridized carbons (Fsp3) is 0.909. The van der Waals surface area contributed by atoms with Crippen molar-refractivity contribution in [2.75, 3.05) is 26.8 Å². The highest BCUT2D eigenvalue weighted by molar-refractivity contribution is 5.67. The number of likely N-dealkylation sites (tertiary alicyclic amines) is 1. The lowest BCUT2D eigenvalue weighted by atomic mass is 10.1. The maximum Gasteiger partial charge on any atom is 0.304 e. The summed E-state index contributed by atoms with van der Waals surface area (Å²) in [5, 5.41) is 8.75. The van der Waals surface area contributed by atoms with Gasteiger partial charge in [-0.3, -0.25) is 9.69 Å². The van der Waals surface area contributed by atoms with Crippen LogP contribution in [-0.4, -0.2) is 48.8 Å². The molecule has 1 atom stereocenters. The number of ether oxygens (including phenoxy) is 1. The summed E-state index contributed by atoms with van der Waals surface area (Å²) in [7, 11) is 1.71. The zero-order valence-electron chi connectivity index (χ0n) is 9.45. The molecule has 0 saturated carbocycles. The van der Waals surface area contributed by atoms with E-state index in [0.29, 0.717) is 6.42 Å². The number of hydrogen-bond acceptors (Lipinski definition) is 3. The van der Waals surface area contributed by atoms with Gasteiger partial charge in [0.25, 0.3) is 0 Å². The highest BCUT2D eigenvalue weighted by Crippen LogP contribution is 2.20. The normalized spacial score (nSPS) is 22.1. The molecule has 0 aromatic heterocycles. The topological polar surface area (TPSA) is 49.8 Å². The molecule has 1 rings (SSSR count). The van der Waals surface area contributed by atoms with E-state index in [4.69, 9.17) is 9.84 Å². The third-order valence-corrected chi connectivity index (χ3v) is 2.95. The van der Waals surface area contributed by atoms with E-state index in [1.165, 1.54) is 0 Å². The van der Waals surface area contributed by atoms with E-state index in [1.807, 2.05) is 0 Å². The molecule has 1 unspecified atom stereocenters. The molecule has 0 bridgehead atoms. The van der Waals surface area contributed by atoms with E-state index in [9.17, 15) is 4.79 Å². The molecule has 1 heterocycles. The molecule has 1 saturated heterocycles. The van der Waals surface area contributed by atoms with Crippen LogP contribution in [0.1, 0.15) is 32.1 Å². The summed E-state index contributed by atoms with van der Waals surface area (Å²) in [5.41, 5.74) is 0. The van der Waals surface area contributed by atoms with E-state index in [-0.39, 0.29) is 6.04 Å². The SMILES string of the molecule is COCCCCN1CCCC1CC(=O)O. The average molecular weight is 215 g/mol. The number of unbranched alkanes of at least 4 members (excludes halogenated alkanes) is 1. The number of aliphatic carboxylic acids is 1. The fourth-order valence-corrected chi connectivity index (χ4v) is 2.18. The minimum absolute atomic E-state index is 0.269. The minimum atomic E-state index is -0.677. The Hall–Kier alpha value is -0.610. The Morgan fingerprint density at radius 1 is 1.53 bits per heavy atom. The Morgan fingerprint density at radius 3 is 3.00 bits per heavy atom. The maximum absolute atomic E-state index is 10.6. The van der Waals surface area contributed by atoms with E-state index in [1.54, 1.807) is 7.11 Å². The van der Waals surface area contributed by atoms with Gasteiger partial charge in [-0.15, -0.1) is 0 Å². The number of carbonyl (C=O) groups is 1. The Labute approximate surface area is 91.2 Å². The van der Waals surface area contributed by atoms with Gasteiger partial charge in [-0.2, -0.15) is 0 Å². The average Bonchev–Trinajstić information content (AvgIpc) is 2.59. The van der Waals surface area contributed by atoms with Crippen LogP contribution < -0.4 is 0 Å². The second kappa shape index (κ2) is 6.80. The van der Waals surface area contributed by atoms with Gasteiger partial charge in [0, 0.05) is 19.8 Å². The number of carboxylic acids is 1. The maximum atomic E-state index is 10.6. The first-order chi connectivity index (χ1) is 7.24.